The molecule has 2 rings (SSSR count). The van der Waals surface area contributed by atoms with Gasteiger partial charge in [-0.25, -0.2) is 0 Å². The van der Waals surface area contributed by atoms with Gasteiger partial charge < -0.3 is 4.90 Å². The third-order valence-corrected chi connectivity index (χ3v) is 3.23. The average molecular weight is 139 g/mol. The highest BCUT2D eigenvalue weighted by atomic mass is 15.2. The van der Waals surface area contributed by atoms with E-state index < -0.39 is 0 Å². The molecule has 1 heteroatoms. The zero-order valence-corrected chi connectivity index (χ0v) is 7.01. The Balaban J connectivity index is 1.98. The molecule has 1 saturated heterocycles. The number of hydrogen-bond acceptors (Lipinski definition) is 1. The molecule has 0 aromatic rings. The van der Waals surface area contributed by atoms with Crippen LogP contribution < -0.4 is 0 Å². The third kappa shape index (κ3) is 0.800. The predicted octanol–water partition coefficient (Wildman–Crippen LogP) is 1.74. The summed E-state index contributed by atoms with van der Waals surface area (Å²) in [6.45, 7) is 7.28. The Bertz CT molecular complexity index is 133. The first-order chi connectivity index (χ1) is 4.86. The van der Waals surface area contributed by atoms with Crippen LogP contribution in [0.1, 0.15) is 26.7 Å². The molecule has 1 aliphatic heterocycles. The average Bonchev–Trinajstić information content (AvgIpc) is 2.63. The molecule has 2 aliphatic rings. The van der Waals surface area contributed by atoms with Crippen molar-refractivity contribution in [1.29, 1.82) is 0 Å². The SMILES string of the molecule is CCC1[C@@H]2C[C@@H]2CN1CC. The molecule has 0 bridgehead atoms. The number of nitrogens with zero attached hydrogens (tertiary/aromatic N) is 1. The Morgan fingerprint density at radius 3 is 2.70 bits per heavy atom. The van der Waals surface area contributed by atoms with Crippen molar-refractivity contribution in [2.24, 2.45) is 11.8 Å². The first-order valence-corrected chi connectivity index (χ1v) is 4.60. The van der Waals surface area contributed by atoms with Gasteiger partial charge in [-0.05, 0) is 31.2 Å². The summed E-state index contributed by atoms with van der Waals surface area (Å²) in [5.41, 5.74) is 0. The highest BCUT2D eigenvalue weighted by molar-refractivity contribution is 5.03. The van der Waals surface area contributed by atoms with Crippen LogP contribution in [-0.4, -0.2) is 24.0 Å². The quantitative estimate of drug-likeness (QED) is 0.563. The van der Waals surface area contributed by atoms with E-state index in [1.165, 1.54) is 25.9 Å². The lowest BCUT2D eigenvalue weighted by Gasteiger charge is -2.24. The summed E-state index contributed by atoms with van der Waals surface area (Å²) in [4.78, 5) is 2.65. The molecule has 2 fully saturated rings. The Morgan fingerprint density at radius 1 is 1.40 bits per heavy atom. The van der Waals surface area contributed by atoms with E-state index in [-0.39, 0.29) is 0 Å². The van der Waals surface area contributed by atoms with Gasteiger partial charge in [-0.15, -0.1) is 0 Å². The van der Waals surface area contributed by atoms with Gasteiger partial charge in [-0.1, -0.05) is 13.8 Å². The van der Waals surface area contributed by atoms with Crippen molar-refractivity contribution in [2.45, 2.75) is 32.7 Å². The summed E-state index contributed by atoms with van der Waals surface area (Å²) in [7, 11) is 0. The van der Waals surface area contributed by atoms with E-state index in [9.17, 15) is 0 Å². The van der Waals surface area contributed by atoms with Crippen LogP contribution in [0.2, 0.25) is 0 Å². The number of hydrogen-bond donors (Lipinski definition) is 0. The van der Waals surface area contributed by atoms with Gasteiger partial charge in [0.1, 0.15) is 0 Å². The fourth-order valence-electron chi connectivity index (χ4n) is 2.58. The lowest BCUT2D eigenvalue weighted by molar-refractivity contribution is 0.225. The van der Waals surface area contributed by atoms with Gasteiger partial charge in [0.05, 0.1) is 0 Å². The molecule has 0 N–H and O–H groups in total. The molecule has 3 atom stereocenters. The fraction of sp³-hybridized carbons (Fsp3) is 1.00. The smallest absolute Gasteiger partial charge is 0.0124 e. The first-order valence-electron chi connectivity index (χ1n) is 4.60. The molecule has 0 spiro atoms. The Labute approximate surface area is 63.4 Å². The molecule has 58 valence electrons. The molecule has 1 nitrogen and oxygen atoms in total. The largest absolute Gasteiger partial charge is 0.300 e. The molecule has 0 radical (unpaired) electrons. The maximum absolute atomic E-state index is 2.65. The van der Waals surface area contributed by atoms with Crippen LogP contribution in [0.3, 0.4) is 0 Å². The van der Waals surface area contributed by atoms with Crippen molar-refractivity contribution in [3.05, 3.63) is 0 Å². The molecule has 10 heavy (non-hydrogen) atoms. The topological polar surface area (TPSA) is 3.24 Å². The van der Waals surface area contributed by atoms with E-state index in [0.717, 1.165) is 17.9 Å². The van der Waals surface area contributed by atoms with Gasteiger partial charge in [-0.2, -0.15) is 0 Å². The molecule has 1 aliphatic carbocycles. The summed E-state index contributed by atoms with van der Waals surface area (Å²) in [5.74, 6) is 2.20. The minimum absolute atomic E-state index is 0.954. The van der Waals surface area contributed by atoms with E-state index >= 15 is 0 Å². The van der Waals surface area contributed by atoms with E-state index in [1.54, 1.807) is 0 Å². The number of fused-ring (bicyclic) bond motifs is 1. The second-order valence-electron chi connectivity index (χ2n) is 3.72. The van der Waals surface area contributed by atoms with Crippen molar-refractivity contribution < 1.29 is 0 Å². The highest BCUT2D eigenvalue weighted by Crippen LogP contribution is 2.50. The van der Waals surface area contributed by atoms with E-state index in [2.05, 4.69) is 18.7 Å². The minimum Gasteiger partial charge on any atom is -0.300 e. The van der Waals surface area contributed by atoms with Crippen LogP contribution in [0.4, 0.5) is 0 Å². The van der Waals surface area contributed by atoms with Gasteiger partial charge in [0, 0.05) is 12.6 Å². The van der Waals surface area contributed by atoms with E-state index in [4.69, 9.17) is 0 Å². The van der Waals surface area contributed by atoms with Crippen LogP contribution in [0.15, 0.2) is 0 Å². The highest BCUT2D eigenvalue weighted by Gasteiger charge is 2.50. The van der Waals surface area contributed by atoms with Crippen LogP contribution in [0.25, 0.3) is 0 Å². The monoisotopic (exact) mass is 139 g/mol. The van der Waals surface area contributed by atoms with E-state index in [0.29, 0.717) is 0 Å². The second kappa shape index (κ2) is 2.23. The fourth-order valence-corrected chi connectivity index (χ4v) is 2.58. The molecule has 0 aromatic carbocycles. The lowest BCUT2D eigenvalue weighted by atomic mass is 10.1. The van der Waals surface area contributed by atoms with Crippen molar-refractivity contribution >= 4 is 0 Å². The Kier molecular flexibility index (Phi) is 1.48. The second-order valence-corrected chi connectivity index (χ2v) is 3.72. The summed E-state index contributed by atoms with van der Waals surface area (Å²) in [5, 5.41) is 0. The molecule has 0 amide bonds. The Morgan fingerprint density at radius 2 is 2.20 bits per heavy atom. The van der Waals surface area contributed by atoms with Crippen LogP contribution in [0.5, 0.6) is 0 Å². The van der Waals surface area contributed by atoms with Crippen molar-refractivity contribution in [2.75, 3.05) is 13.1 Å². The lowest BCUT2D eigenvalue weighted by Crippen LogP contribution is -2.32. The molecule has 1 heterocycles. The molecule has 0 aromatic heterocycles. The normalized spacial score (nSPS) is 45.6. The molecular weight excluding hydrogens is 122 g/mol. The maximum Gasteiger partial charge on any atom is 0.0124 e. The summed E-state index contributed by atoms with van der Waals surface area (Å²) < 4.78 is 0. The predicted molar refractivity (Wildman–Crippen MR) is 42.9 cm³/mol. The first kappa shape index (κ1) is 6.66. The van der Waals surface area contributed by atoms with Crippen molar-refractivity contribution in [1.82, 2.24) is 4.90 Å². The molecule has 1 saturated carbocycles. The van der Waals surface area contributed by atoms with Gasteiger partial charge in [0.2, 0.25) is 0 Å². The van der Waals surface area contributed by atoms with Gasteiger partial charge in [0.25, 0.3) is 0 Å². The summed E-state index contributed by atoms with van der Waals surface area (Å²) in [6, 6.07) is 0.954. The van der Waals surface area contributed by atoms with Crippen molar-refractivity contribution in [3.63, 3.8) is 0 Å². The number of likely N-dealkylation sites (tertiary alicyclic amines) is 1. The molecular formula is C9H17N. The zero-order valence-electron chi connectivity index (χ0n) is 7.01. The maximum atomic E-state index is 2.65. The van der Waals surface area contributed by atoms with Gasteiger partial charge >= 0.3 is 0 Å². The van der Waals surface area contributed by atoms with Crippen LogP contribution in [0, 0.1) is 11.8 Å². The summed E-state index contributed by atoms with van der Waals surface area (Å²) in [6.07, 6.45) is 2.91. The van der Waals surface area contributed by atoms with Crippen molar-refractivity contribution in [3.8, 4) is 0 Å². The zero-order chi connectivity index (χ0) is 7.14. The van der Waals surface area contributed by atoms with Gasteiger partial charge in [0.15, 0.2) is 0 Å². The molecule has 1 unspecified atom stereocenters. The Hall–Kier alpha value is -0.0400. The van der Waals surface area contributed by atoms with Crippen LogP contribution in [-0.2, 0) is 0 Å². The summed E-state index contributed by atoms with van der Waals surface area (Å²) >= 11 is 0. The van der Waals surface area contributed by atoms with E-state index in [1.807, 2.05) is 0 Å². The third-order valence-electron chi connectivity index (χ3n) is 3.23. The standard InChI is InChI=1S/C9H17N/c1-3-9-8-5-7(8)6-10(9)4-2/h7-9H,3-6H2,1-2H3/t7-,8-,9?/m1/s1. The van der Waals surface area contributed by atoms with Crippen LogP contribution >= 0.6 is 0 Å². The number of piperidine rings is 1. The minimum atomic E-state index is 0.954. The number of rotatable bonds is 2. The van der Waals surface area contributed by atoms with Gasteiger partial charge in [-0.3, -0.25) is 0 Å².